The third kappa shape index (κ3) is 3.51. The number of anilines is 2. The maximum atomic E-state index is 6.18. The van der Waals surface area contributed by atoms with Crippen molar-refractivity contribution in [3.05, 3.63) is 59.9 Å². The highest BCUT2D eigenvalue weighted by Gasteiger charge is 2.23. The molecule has 0 atom stereocenters. The van der Waals surface area contributed by atoms with Crippen molar-refractivity contribution >= 4 is 46.0 Å². The molecule has 3 heterocycles. The van der Waals surface area contributed by atoms with Crippen LogP contribution in [0, 0.1) is 6.92 Å². The summed E-state index contributed by atoms with van der Waals surface area (Å²) < 4.78 is 6.18. The quantitative estimate of drug-likeness (QED) is 0.477. The molecule has 2 aromatic heterocycles. The topological polar surface area (TPSA) is 45.4 Å². The molecule has 1 aliphatic heterocycles. The lowest BCUT2D eigenvalue weighted by Gasteiger charge is -2.36. The largest absolute Gasteiger partial charge is 0.450 e. The Hall–Kier alpha value is -2.79. The summed E-state index contributed by atoms with van der Waals surface area (Å²) in [6.45, 7) is 8.00. The van der Waals surface area contributed by atoms with E-state index in [1.165, 1.54) is 11.3 Å². The maximum Gasteiger partial charge on any atom is 0.196 e. The number of halogens is 1. The van der Waals surface area contributed by atoms with Gasteiger partial charge in [0.15, 0.2) is 11.4 Å². The monoisotopic (exact) mass is 408 g/mol. The number of piperazine rings is 1. The third-order valence-corrected chi connectivity index (χ3v) is 5.54. The van der Waals surface area contributed by atoms with E-state index in [1.54, 1.807) is 0 Å². The number of hydrogen-bond donors (Lipinski definition) is 0. The predicted octanol–water partition coefficient (Wildman–Crippen LogP) is 5.00. The van der Waals surface area contributed by atoms with Crippen LogP contribution >= 0.6 is 12.4 Å². The number of aromatic nitrogens is 2. The maximum absolute atomic E-state index is 6.18. The Morgan fingerprint density at radius 2 is 1.59 bits per heavy atom. The molecule has 6 heteroatoms. The Bertz CT molecular complexity index is 1130. The molecule has 1 fully saturated rings. The second-order valence-electron chi connectivity index (χ2n) is 7.40. The number of benzene rings is 2. The molecule has 1 saturated heterocycles. The van der Waals surface area contributed by atoms with Gasteiger partial charge in [-0.15, -0.1) is 12.4 Å². The Kier molecular flexibility index (Phi) is 5.33. The highest BCUT2D eigenvalue weighted by Crippen LogP contribution is 2.33. The SMILES string of the molecule is CCc1nc(N2CCN(c3ccc(C)cc3)CC2)c2oc3ccccc3c2n1.Cl. The molecular weight excluding hydrogens is 384 g/mol. The minimum atomic E-state index is 0. The molecule has 150 valence electrons. The smallest absolute Gasteiger partial charge is 0.196 e. The van der Waals surface area contributed by atoms with Crippen LogP contribution in [-0.4, -0.2) is 36.1 Å². The number of aryl methyl sites for hydroxylation is 2. The van der Waals surface area contributed by atoms with E-state index in [9.17, 15) is 0 Å². The lowest BCUT2D eigenvalue weighted by Crippen LogP contribution is -2.47. The molecule has 0 N–H and O–H groups in total. The first-order valence-electron chi connectivity index (χ1n) is 9.97. The summed E-state index contributed by atoms with van der Waals surface area (Å²) in [4.78, 5) is 14.4. The Balaban J connectivity index is 0.00000205. The van der Waals surface area contributed by atoms with Gasteiger partial charge in [-0.05, 0) is 31.2 Å². The van der Waals surface area contributed by atoms with Gasteiger partial charge < -0.3 is 14.2 Å². The van der Waals surface area contributed by atoms with E-state index in [0.29, 0.717) is 0 Å². The molecule has 5 nitrogen and oxygen atoms in total. The number of rotatable bonds is 3. The van der Waals surface area contributed by atoms with Crippen molar-refractivity contribution in [1.29, 1.82) is 0 Å². The van der Waals surface area contributed by atoms with E-state index in [4.69, 9.17) is 14.4 Å². The van der Waals surface area contributed by atoms with E-state index in [0.717, 1.165) is 66.3 Å². The van der Waals surface area contributed by atoms with Gasteiger partial charge in [0.05, 0.1) is 0 Å². The van der Waals surface area contributed by atoms with Crippen molar-refractivity contribution in [2.45, 2.75) is 20.3 Å². The fraction of sp³-hybridized carbons (Fsp3) is 0.304. The molecule has 0 unspecified atom stereocenters. The lowest BCUT2D eigenvalue weighted by molar-refractivity contribution is 0.627. The summed E-state index contributed by atoms with van der Waals surface area (Å²) in [5.41, 5.74) is 5.19. The van der Waals surface area contributed by atoms with E-state index in [1.807, 2.05) is 18.2 Å². The summed E-state index contributed by atoms with van der Waals surface area (Å²) in [6, 6.07) is 16.9. The first-order valence-corrected chi connectivity index (χ1v) is 9.97. The number of para-hydroxylation sites is 1. The molecule has 0 aliphatic carbocycles. The van der Waals surface area contributed by atoms with Crippen LogP contribution in [0.25, 0.3) is 22.1 Å². The second-order valence-corrected chi connectivity index (χ2v) is 7.40. The van der Waals surface area contributed by atoms with E-state index >= 15 is 0 Å². The minimum absolute atomic E-state index is 0. The highest BCUT2D eigenvalue weighted by molar-refractivity contribution is 6.05. The molecule has 0 radical (unpaired) electrons. The van der Waals surface area contributed by atoms with Gasteiger partial charge >= 0.3 is 0 Å². The van der Waals surface area contributed by atoms with Crippen LogP contribution in [0.15, 0.2) is 52.9 Å². The first-order chi connectivity index (χ1) is 13.7. The number of hydrogen-bond acceptors (Lipinski definition) is 5. The van der Waals surface area contributed by atoms with Crippen LogP contribution in [0.1, 0.15) is 18.3 Å². The van der Waals surface area contributed by atoms with Crippen LogP contribution in [0.5, 0.6) is 0 Å². The zero-order valence-electron chi connectivity index (χ0n) is 16.8. The van der Waals surface area contributed by atoms with Crippen molar-refractivity contribution in [2.24, 2.45) is 0 Å². The Morgan fingerprint density at radius 3 is 2.31 bits per heavy atom. The van der Waals surface area contributed by atoms with Gasteiger partial charge in [0.25, 0.3) is 0 Å². The summed E-state index contributed by atoms with van der Waals surface area (Å²) in [6.07, 6.45) is 0.811. The van der Waals surface area contributed by atoms with E-state index in [-0.39, 0.29) is 12.4 Å². The van der Waals surface area contributed by atoms with Crippen LogP contribution in [0.2, 0.25) is 0 Å². The fourth-order valence-corrected chi connectivity index (χ4v) is 3.93. The third-order valence-electron chi connectivity index (χ3n) is 5.54. The summed E-state index contributed by atoms with van der Waals surface area (Å²) in [7, 11) is 0. The standard InChI is InChI=1S/C23H24N4O.ClH/c1-3-20-24-21-18-6-4-5-7-19(18)28-22(21)23(25-20)27-14-12-26(13-15-27)17-10-8-16(2)9-11-17;/h4-11H,3,12-15H2,1-2H3;1H. The zero-order valence-corrected chi connectivity index (χ0v) is 17.6. The second kappa shape index (κ2) is 7.91. The van der Waals surface area contributed by atoms with Crippen LogP contribution in [0.4, 0.5) is 11.5 Å². The molecule has 4 aromatic rings. The van der Waals surface area contributed by atoms with Gasteiger partial charge in [-0.1, -0.05) is 36.8 Å². The van der Waals surface area contributed by atoms with Gasteiger partial charge in [0.2, 0.25) is 0 Å². The molecule has 29 heavy (non-hydrogen) atoms. The van der Waals surface area contributed by atoms with Gasteiger partial charge in [0, 0.05) is 43.7 Å². The van der Waals surface area contributed by atoms with Crippen LogP contribution in [-0.2, 0) is 6.42 Å². The molecule has 0 saturated carbocycles. The molecule has 0 bridgehead atoms. The predicted molar refractivity (Wildman–Crippen MR) is 122 cm³/mol. The molecule has 2 aromatic carbocycles. The average molecular weight is 409 g/mol. The van der Waals surface area contributed by atoms with Crippen molar-refractivity contribution in [1.82, 2.24) is 9.97 Å². The van der Waals surface area contributed by atoms with Crippen molar-refractivity contribution in [3.63, 3.8) is 0 Å². The lowest BCUT2D eigenvalue weighted by atomic mass is 10.2. The van der Waals surface area contributed by atoms with Crippen LogP contribution < -0.4 is 9.80 Å². The molecule has 0 spiro atoms. The van der Waals surface area contributed by atoms with Crippen molar-refractivity contribution in [3.8, 4) is 0 Å². The molecule has 1 aliphatic rings. The summed E-state index contributed by atoms with van der Waals surface area (Å²) in [5.74, 6) is 1.80. The molecular formula is C23H25ClN4O. The van der Waals surface area contributed by atoms with E-state index in [2.05, 4.69) is 54.0 Å². The number of furan rings is 1. The number of nitrogens with zero attached hydrogens (tertiary/aromatic N) is 4. The average Bonchev–Trinajstić information content (AvgIpc) is 3.12. The highest BCUT2D eigenvalue weighted by atomic mass is 35.5. The summed E-state index contributed by atoms with van der Waals surface area (Å²) >= 11 is 0. The molecule has 0 amide bonds. The number of fused-ring (bicyclic) bond motifs is 3. The molecule has 5 rings (SSSR count). The van der Waals surface area contributed by atoms with Crippen molar-refractivity contribution in [2.75, 3.05) is 36.0 Å². The van der Waals surface area contributed by atoms with Gasteiger partial charge in [-0.3, -0.25) is 0 Å². The Morgan fingerprint density at radius 1 is 0.897 bits per heavy atom. The van der Waals surface area contributed by atoms with Gasteiger partial charge in [-0.25, -0.2) is 9.97 Å². The fourth-order valence-electron chi connectivity index (χ4n) is 3.93. The normalized spacial score (nSPS) is 14.4. The summed E-state index contributed by atoms with van der Waals surface area (Å²) in [5, 5.41) is 1.06. The Labute approximate surface area is 176 Å². The first kappa shape index (κ1) is 19.5. The van der Waals surface area contributed by atoms with Gasteiger partial charge in [-0.2, -0.15) is 0 Å². The minimum Gasteiger partial charge on any atom is -0.450 e. The zero-order chi connectivity index (χ0) is 19.1. The van der Waals surface area contributed by atoms with E-state index < -0.39 is 0 Å². The van der Waals surface area contributed by atoms with Crippen LogP contribution in [0.3, 0.4) is 0 Å². The van der Waals surface area contributed by atoms with Crippen molar-refractivity contribution < 1.29 is 4.42 Å². The van der Waals surface area contributed by atoms with Gasteiger partial charge in [0.1, 0.15) is 16.9 Å².